The van der Waals surface area contributed by atoms with Gasteiger partial charge >= 0.3 is 0 Å². The highest BCUT2D eigenvalue weighted by atomic mass is 35.5. The van der Waals surface area contributed by atoms with Crippen molar-refractivity contribution in [1.82, 2.24) is 10.7 Å². The van der Waals surface area contributed by atoms with Gasteiger partial charge in [-0.3, -0.25) is 9.59 Å². The third-order valence-electron chi connectivity index (χ3n) is 4.62. The number of hydrazone groups is 1. The predicted octanol–water partition coefficient (Wildman–Crippen LogP) is 4.20. The van der Waals surface area contributed by atoms with E-state index in [1.807, 2.05) is 48.5 Å². The van der Waals surface area contributed by atoms with Crippen LogP contribution in [0, 0.1) is 0 Å². The molecule has 0 spiro atoms. The normalized spacial score (nSPS) is 10.6. The lowest BCUT2D eigenvalue weighted by molar-refractivity contribution is -0.120. The lowest BCUT2D eigenvalue weighted by atomic mass is 10.2. The molecule has 0 radical (unpaired) electrons. The molecule has 0 atom stereocenters. The molecule has 2 amide bonds. The number of carbonyl (C=O) groups excluding carboxylic acids is 2. The zero-order chi connectivity index (χ0) is 23.5. The number of benzene rings is 3. The van der Waals surface area contributed by atoms with Gasteiger partial charge in [0, 0.05) is 29.1 Å². The van der Waals surface area contributed by atoms with Crippen molar-refractivity contribution < 1.29 is 19.1 Å². The highest BCUT2D eigenvalue weighted by molar-refractivity contribution is 6.31. The van der Waals surface area contributed by atoms with Gasteiger partial charge in [0.1, 0.15) is 18.1 Å². The molecule has 0 saturated carbocycles. The van der Waals surface area contributed by atoms with Crippen LogP contribution in [0.25, 0.3) is 0 Å². The first-order valence-corrected chi connectivity index (χ1v) is 10.6. The number of amides is 2. The Bertz CT molecular complexity index is 1100. The lowest BCUT2D eigenvalue weighted by Crippen LogP contribution is -2.29. The summed E-state index contributed by atoms with van der Waals surface area (Å²) in [4.78, 5) is 24.0. The lowest BCUT2D eigenvalue weighted by Gasteiger charge is -2.07. The van der Waals surface area contributed by atoms with Gasteiger partial charge in [0.15, 0.2) is 0 Å². The first-order chi connectivity index (χ1) is 16.0. The number of rotatable bonds is 10. The summed E-state index contributed by atoms with van der Waals surface area (Å²) in [5, 5.41) is 7.30. The molecular formula is C25H24ClN3O4. The molecule has 170 valence electrons. The number of methoxy groups -OCH3 is 1. The van der Waals surface area contributed by atoms with Crippen LogP contribution in [0.15, 0.2) is 77.9 Å². The number of nitrogens with one attached hydrogen (secondary N) is 2. The molecule has 0 heterocycles. The summed E-state index contributed by atoms with van der Waals surface area (Å²) in [6.07, 6.45) is 1.64. The molecule has 7 nitrogen and oxygen atoms in total. The molecule has 3 rings (SSSR count). The van der Waals surface area contributed by atoms with Crippen molar-refractivity contribution >= 4 is 29.6 Å². The Hall–Kier alpha value is -3.84. The fourth-order valence-corrected chi connectivity index (χ4v) is 2.99. The van der Waals surface area contributed by atoms with Gasteiger partial charge in [-0.05, 0) is 60.2 Å². The van der Waals surface area contributed by atoms with E-state index in [9.17, 15) is 9.59 Å². The highest BCUT2D eigenvalue weighted by Gasteiger charge is 2.06. The first kappa shape index (κ1) is 23.8. The summed E-state index contributed by atoms with van der Waals surface area (Å²) in [7, 11) is 1.56. The van der Waals surface area contributed by atoms with Gasteiger partial charge in [0.25, 0.3) is 5.91 Å². The Kier molecular flexibility index (Phi) is 8.85. The van der Waals surface area contributed by atoms with Crippen LogP contribution >= 0.6 is 11.6 Å². The zero-order valence-electron chi connectivity index (χ0n) is 18.1. The maximum atomic E-state index is 12.1. The topological polar surface area (TPSA) is 89.0 Å². The molecule has 8 heteroatoms. The van der Waals surface area contributed by atoms with E-state index in [0.717, 1.165) is 11.1 Å². The molecular weight excluding hydrogens is 442 g/mol. The fraction of sp³-hybridized carbons (Fsp3) is 0.160. The van der Waals surface area contributed by atoms with Crippen molar-refractivity contribution in [3.05, 3.63) is 94.5 Å². The third kappa shape index (κ3) is 7.66. The molecule has 0 unspecified atom stereocenters. The van der Waals surface area contributed by atoms with E-state index in [0.29, 0.717) is 28.7 Å². The number of carbonyl (C=O) groups is 2. The fourth-order valence-electron chi connectivity index (χ4n) is 2.80. The molecule has 0 aliphatic carbocycles. The van der Waals surface area contributed by atoms with E-state index < -0.39 is 0 Å². The second-order valence-corrected chi connectivity index (χ2v) is 7.38. The van der Waals surface area contributed by atoms with Crippen LogP contribution in [-0.4, -0.2) is 31.7 Å². The standard InChI is InChI=1S/C25H24ClN3O4/c1-32-21-12-8-19(9-13-21)25(31)27-15-14-24(30)29-28-16-18-6-10-22(11-7-18)33-17-20-4-2-3-5-23(20)26/h2-13,16H,14-15,17H2,1H3,(H,27,31)(H,29,30). The highest BCUT2D eigenvalue weighted by Crippen LogP contribution is 2.18. The second-order valence-electron chi connectivity index (χ2n) is 6.98. The molecule has 0 aliphatic rings. The van der Waals surface area contributed by atoms with Gasteiger partial charge in [-0.25, -0.2) is 5.43 Å². The average Bonchev–Trinajstić information content (AvgIpc) is 2.84. The second kappa shape index (κ2) is 12.3. The molecule has 0 saturated heterocycles. The van der Waals surface area contributed by atoms with Crippen LogP contribution in [0.3, 0.4) is 0 Å². The van der Waals surface area contributed by atoms with Gasteiger partial charge in [-0.15, -0.1) is 0 Å². The Balaban J connectivity index is 1.37. The molecule has 0 fully saturated rings. The van der Waals surface area contributed by atoms with Gasteiger partial charge < -0.3 is 14.8 Å². The summed E-state index contributed by atoms with van der Waals surface area (Å²) in [5.74, 6) is 0.804. The van der Waals surface area contributed by atoms with Crippen LogP contribution in [0.1, 0.15) is 27.9 Å². The van der Waals surface area contributed by atoms with E-state index in [-0.39, 0.29) is 24.8 Å². The maximum absolute atomic E-state index is 12.1. The van der Waals surface area contributed by atoms with E-state index in [1.165, 1.54) is 6.21 Å². The number of nitrogens with zero attached hydrogens (tertiary/aromatic N) is 1. The van der Waals surface area contributed by atoms with Gasteiger partial charge in [0.05, 0.1) is 13.3 Å². The minimum atomic E-state index is -0.305. The summed E-state index contributed by atoms with van der Waals surface area (Å²) < 4.78 is 10.8. The molecule has 0 aromatic heterocycles. The van der Waals surface area contributed by atoms with E-state index in [2.05, 4.69) is 15.8 Å². The van der Waals surface area contributed by atoms with Crippen LogP contribution in [0.5, 0.6) is 11.5 Å². The van der Waals surface area contributed by atoms with Gasteiger partial charge in [-0.2, -0.15) is 5.10 Å². The van der Waals surface area contributed by atoms with Crippen molar-refractivity contribution in [2.75, 3.05) is 13.7 Å². The molecule has 0 bridgehead atoms. The molecule has 0 aliphatic heterocycles. The van der Waals surface area contributed by atoms with Crippen molar-refractivity contribution in [3.8, 4) is 11.5 Å². The predicted molar refractivity (Wildman–Crippen MR) is 128 cm³/mol. The van der Waals surface area contributed by atoms with Crippen molar-refractivity contribution in [2.45, 2.75) is 13.0 Å². The van der Waals surface area contributed by atoms with Crippen molar-refractivity contribution in [1.29, 1.82) is 0 Å². The Labute approximate surface area is 197 Å². The molecule has 33 heavy (non-hydrogen) atoms. The molecule has 3 aromatic rings. The number of hydrogen-bond acceptors (Lipinski definition) is 5. The van der Waals surface area contributed by atoms with Gasteiger partial charge in [-0.1, -0.05) is 29.8 Å². The summed E-state index contributed by atoms with van der Waals surface area (Å²) >= 11 is 6.13. The van der Waals surface area contributed by atoms with E-state index in [1.54, 1.807) is 31.4 Å². The quantitative estimate of drug-likeness (QED) is 0.347. The van der Waals surface area contributed by atoms with Crippen molar-refractivity contribution in [3.63, 3.8) is 0 Å². The van der Waals surface area contributed by atoms with Gasteiger partial charge in [0.2, 0.25) is 5.91 Å². The number of hydrogen-bond donors (Lipinski definition) is 2. The van der Waals surface area contributed by atoms with Crippen LogP contribution < -0.4 is 20.2 Å². The minimum absolute atomic E-state index is 0.105. The largest absolute Gasteiger partial charge is 0.497 e. The Morgan fingerprint density at radius 1 is 0.970 bits per heavy atom. The smallest absolute Gasteiger partial charge is 0.251 e. The third-order valence-corrected chi connectivity index (χ3v) is 4.99. The average molecular weight is 466 g/mol. The van der Waals surface area contributed by atoms with Crippen LogP contribution in [0.4, 0.5) is 0 Å². The minimum Gasteiger partial charge on any atom is -0.497 e. The maximum Gasteiger partial charge on any atom is 0.251 e. The number of halogens is 1. The molecule has 3 aromatic carbocycles. The summed E-state index contributed by atoms with van der Waals surface area (Å²) in [6.45, 7) is 0.571. The monoisotopic (exact) mass is 465 g/mol. The Morgan fingerprint density at radius 3 is 2.36 bits per heavy atom. The zero-order valence-corrected chi connectivity index (χ0v) is 18.8. The van der Waals surface area contributed by atoms with E-state index >= 15 is 0 Å². The van der Waals surface area contributed by atoms with Crippen molar-refractivity contribution in [2.24, 2.45) is 5.10 Å². The first-order valence-electron chi connectivity index (χ1n) is 10.3. The summed E-state index contributed by atoms with van der Waals surface area (Å²) in [6, 6.07) is 21.5. The SMILES string of the molecule is COc1ccc(C(=O)NCCC(=O)NN=Cc2ccc(OCc3ccccc3Cl)cc2)cc1. The Morgan fingerprint density at radius 2 is 1.67 bits per heavy atom. The summed E-state index contributed by atoms with van der Waals surface area (Å²) in [5.41, 5.74) is 4.65. The molecule has 2 N–H and O–H groups in total. The number of ether oxygens (including phenoxy) is 2. The van der Waals surface area contributed by atoms with Crippen LogP contribution in [-0.2, 0) is 11.4 Å². The van der Waals surface area contributed by atoms with Crippen LogP contribution in [0.2, 0.25) is 5.02 Å². The van der Waals surface area contributed by atoms with E-state index in [4.69, 9.17) is 21.1 Å².